The SMILES string of the molecule is COC1CNC(Cl)CC1C1CC(C)NCC1C(=O)NC1NC2CN(C(=O)C3NCCC(C(F)F)C3C)CC2S1. The predicted octanol–water partition coefficient (Wildman–Crippen LogP) is 0.985. The lowest BCUT2D eigenvalue weighted by molar-refractivity contribution is -0.136. The fourth-order valence-electron chi connectivity index (χ4n) is 7.41. The van der Waals surface area contributed by atoms with Crippen LogP contribution in [-0.2, 0) is 14.3 Å². The second-order valence-corrected chi connectivity index (χ2v) is 13.9. The number of hydrogen-bond acceptors (Lipinski definition) is 8. The van der Waals surface area contributed by atoms with Crippen LogP contribution in [0.2, 0.25) is 0 Å². The van der Waals surface area contributed by atoms with Crippen LogP contribution in [-0.4, -0.2) is 103 Å². The number of likely N-dealkylation sites (tertiary alicyclic amines) is 1. The van der Waals surface area contributed by atoms with E-state index in [0.29, 0.717) is 45.2 Å². The Morgan fingerprint density at radius 2 is 1.90 bits per heavy atom. The molecule has 0 spiro atoms. The highest BCUT2D eigenvalue weighted by atomic mass is 35.5. The summed E-state index contributed by atoms with van der Waals surface area (Å²) < 4.78 is 32.7. The van der Waals surface area contributed by atoms with Crippen molar-refractivity contribution in [1.29, 1.82) is 0 Å². The summed E-state index contributed by atoms with van der Waals surface area (Å²) in [7, 11) is 1.72. The normalized spacial score (nSPS) is 44.8. The highest BCUT2D eigenvalue weighted by Gasteiger charge is 2.48. The fourth-order valence-corrected chi connectivity index (χ4v) is 9.11. The Kier molecular flexibility index (Phi) is 9.62. The smallest absolute Gasteiger partial charge is 0.241 e. The molecule has 5 aliphatic rings. The maximum Gasteiger partial charge on any atom is 0.241 e. The molecular formula is C26H43ClF2N6O3S. The van der Waals surface area contributed by atoms with Crippen LogP contribution in [0.4, 0.5) is 8.78 Å². The van der Waals surface area contributed by atoms with Gasteiger partial charge in [-0.3, -0.25) is 20.2 Å². The molecule has 2 amide bonds. The minimum absolute atomic E-state index is 0.0183. The van der Waals surface area contributed by atoms with Crippen LogP contribution >= 0.6 is 23.4 Å². The fraction of sp³-hybridized carbons (Fsp3) is 0.923. The molecule has 9 nitrogen and oxygen atoms in total. The summed E-state index contributed by atoms with van der Waals surface area (Å²) in [5, 5.41) is 16.8. The first kappa shape index (κ1) is 29.7. The molecule has 0 aromatic carbocycles. The molecule has 0 bridgehead atoms. The molecular weight excluding hydrogens is 550 g/mol. The number of halogens is 3. The third-order valence-electron chi connectivity index (χ3n) is 9.68. The quantitative estimate of drug-likeness (QED) is 0.230. The molecule has 5 heterocycles. The third kappa shape index (κ3) is 6.36. The summed E-state index contributed by atoms with van der Waals surface area (Å²) in [4.78, 5) is 28.6. The molecule has 5 rings (SSSR count). The van der Waals surface area contributed by atoms with Crippen molar-refractivity contribution >= 4 is 35.2 Å². The number of methoxy groups -OCH3 is 1. The number of hydrogen-bond donors (Lipinski definition) is 5. The molecule has 5 saturated heterocycles. The van der Waals surface area contributed by atoms with Crippen molar-refractivity contribution in [2.75, 3.05) is 39.8 Å². The number of nitrogens with zero attached hydrogens (tertiary/aromatic N) is 1. The molecule has 0 saturated carbocycles. The van der Waals surface area contributed by atoms with E-state index in [1.54, 1.807) is 30.7 Å². The van der Waals surface area contributed by atoms with Crippen molar-refractivity contribution in [1.82, 2.24) is 31.5 Å². The van der Waals surface area contributed by atoms with Gasteiger partial charge in [-0.25, -0.2) is 8.78 Å². The lowest BCUT2D eigenvalue weighted by Crippen LogP contribution is -2.58. The van der Waals surface area contributed by atoms with Crippen molar-refractivity contribution in [3.05, 3.63) is 0 Å². The van der Waals surface area contributed by atoms with E-state index in [1.807, 2.05) is 0 Å². The zero-order chi connectivity index (χ0) is 27.8. The van der Waals surface area contributed by atoms with Crippen LogP contribution in [0.25, 0.3) is 0 Å². The van der Waals surface area contributed by atoms with Gasteiger partial charge in [0.05, 0.1) is 23.6 Å². The second kappa shape index (κ2) is 12.6. The molecule has 0 aromatic rings. The van der Waals surface area contributed by atoms with E-state index in [4.69, 9.17) is 16.3 Å². The van der Waals surface area contributed by atoms with Gasteiger partial charge in [0.15, 0.2) is 0 Å². The van der Waals surface area contributed by atoms with E-state index in [-0.39, 0.29) is 58.0 Å². The summed E-state index contributed by atoms with van der Waals surface area (Å²) >= 11 is 8.10. The van der Waals surface area contributed by atoms with E-state index in [0.717, 1.165) is 12.8 Å². The number of fused-ring (bicyclic) bond motifs is 1. The van der Waals surface area contributed by atoms with Crippen LogP contribution in [0, 0.1) is 29.6 Å². The van der Waals surface area contributed by atoms with E-state index in [9.17, 15) is 18.4 Å². The van der Waals surface area contributed by atoms with Gasteiger partial charge in [0.25, 0.3) is 0 Å². The molecule has 5 fully saturated rings. The number of alkyl halides is 3. The Bertz CT molecular complexity index is 881. The number of amides is 2. The Morgan fingerprint density at radius 3 is 2.62 bits per heavy atom. The number of carbonyl (C=O) groups excluding carboxylic acids is 2. The summed E-state index contributed by atoms with van der Waals surface area (Å²) in [6.07, 6.45) is -0.354. The first-order valence-electron chi connectivity index (χ1n) is 14.3. The van der Waals surface area contributed by atoms with Crippen molar-refractivity contribution in [2.45, 2.75) is 80.0 Å². The number of rotatable bonds is 6. The lowest BCUT2D eigenvalue weighted by Gasteiger charge is -2.45. The van der Waals surface area contributed by atoms with Crippen LogP contribution < -0.4 is 26.6 Å². The molecule has 12 atom stereocenters. The van der Waals surface area contributed by atoms with Crippen molar-refractivity contribution in [3.8, 4) is 0 Å². The van der Waals surface area contributed by atoms with Gasteiger partial charge in [0, 0.05) is 56.5 Å². The standard InChI is InChI=1S/C26H43ClF2N6O3S/c1-12-6-15(16-7-21(27)32-9-19(16)38-3)17(8-31-12)24(36)34-26-33-18-10-35(11-20(18)39-26)25(37)22-13(2)14(23(28)29)4-5-30-22/h12-23,26,30-33H,4-11H2,1-3H3,(H,34,36). The average Bonchev–Trinajstić information content (AvgIpc) is 3.47. The molecule has 12 unspecified atom stereocenters. The minimum Gasteiger partial charge on any atom is -0.380 e. The molecule has 222 valence electrons. The first-order valence-corrected chi connectivity index (χ1v) is 15.7. The van der Waals surface area contributed by atoms with Gasteiger partial charge in [-0.05, 0) is 50.5 Å². The van der Waals surface area contributed by atoms with E-state index in [1.165, 1.54) is 0 Å². The third-order valence-corrected chi connectivity index (χ3v) is 11.4. The molecule has 5 aliphatic heterocycles. The predicted molar refractivity (Wildman–Crippen MR) is 147 cm³/mol. The van der Waals surface area contributed by atoms with Gasteiger partial charge in [0.1, 0.15) is 5.50 Å². The summed E-state index contributed by atoms with van der Waals surface area (Å²) in [6, 6.07) is -0.207. The maximum absolute atomic E-state index is 13.6. The second-order valence-electron chi connectivity index (χ2n) is 12.0. The van der Waals surface area contributed by atoms with Gasteiger partial charge in [-0.2, -0.15) is 0 Å². The Labute approximate surface area is 239 Å². The first-order chi connectivity index (χ1) is 18.7. The summed E-state index contributed by atoms with van der Waals surface area (Å²) in [6.45, 7) is 6.69. The molecule has 0 aliphatic carbocycles. The largest absolute Gasteiger partial charge is 0.380 e. The zero-order valence-corrected chi connectivity index (χ0v) is 24.4. The molecule has 39 heavy (non-hydrogen) atoms. The number of piperidine rings is 3. The van der Waals surface area contributed by atoms with Crippen molar-refractivity contribution < 1.29 is 23.1 Å². The average molecular weight is 593 g/mol. The van der Waals surface area contributed by atoms with Crippen LogP contribution in [0.1, 0.15) is 33.1 Å². The van der Waals surface area contributed by atoms with Crippen molar-refractivity contribution in [3.63, 3.8) is 0 Å². The minimum atomic E-state index is -2.41. The number of thioether (sulfide) groups is 1. The Balaban J connectivity index is 1.16. The van der Waals surface area contributed by atoms with Gasteiger partial charge < -0.3 is 25.6 Å². The van der Waals surface area contributed by atoms with Crippen LogP contribution in [0.5, 0.6) is 0 Å². The molecule has 0 aromatic heterocycles. The lowest BCUT2D eigenvalue weighted by atomic mass is 9.70. The van der Waals surface area contributed by atoms with Crippen molar-refractivity contribution in [2.24, 2.45) is 29.6 Å². The Hall–Kier alpha value is -0.760. The van der Waals surface area contributed by atoms with Gasteiger partial charge >= 0.3 is 0 Å². The monoisotopic (exact) mass is 592 g/mol. The molecule has 0 radical (unpaired) electrons. The number of carbonyl (C=O) groups is 2. The Morgan fingerprint density at radius 1 is 1.10 bits per heavy atom. The zero-order valence-electron chi connectivity index (χ0n) is 22.9. The summed E-state index contributed by atoms with van der Waals surface area (Å²) in [5.41, 5.74) is -0.354. The molecule has 13 heteroatoms. The molecule has 5 N–H and O–H groups in total. The number of ether oxygens (including phenoxy) is 1. The van der Waals surface area contributed by atoms with E-state index >= 15 is 0 Å². The topological polar surface area (TPSA) is 107 Å². The van der Waals surface area contributed by atoms with E-state index < -0.39 is 24.3 Å². The van der Waals surface area contributed by atoms with Crippen LogP contribution in [0.15, 0.2) is 0 Å². The van der Waals surface area contributed by atoms with Gasteiger partial charge in [0.2, 0.25) is 18.2 Å². The maximum atomic E-state index is 13.6. The highest BCUT2D eigenvalue weighted by Crippen LogP contribution is 2.39. The van der Waals surface area contributed by atoms with Gasteiger partial charge in [-0.1, -0.05) is 6.92 Å². The van der Waals surface area contributed by atoms with Crippen LogP contribution in [0.3, 0.4) is 0 Å². The summed E-state index contributed by atoms with van der Waals surface area (Å²) in [5.74, 6) is -1.06. The highest BCUT2D eigenvalue weighted by molar-refractivity contribution is 8.00. The number of nitrogens with one attached hydrogen (secondary N) is 5. The van der Waals surface area contributed by atoms with Gasteiger partial charge in [-0.15, -0.1) is 23.4 Å². The van der Waals surface area contributed by atoms with E-state index in [2.05, 4.69) is 33.5 Å².